The van der Waals surface area contributed by atoms with Gasteiger partial charge < -0.3 is 5.11 Å². The van der Waals surface area contributed by atoms with E-state index in [0.717, 1.165) is 36.5 Å². The molecule has 0 aliphatic heterocycles. The second kappa shape index (κ2) is 5.56. The van der Waals surface area contributed by atoms with Crippen LogP contribution in [0, 0.1) is 46.3 Å². The summed E-state index contributed by atoms with van der Waals surface area (Å²) in [4.78, 5) is 12.4. The van der Waals surface area contributed by atoms with Crippen molar-refractivity contribution in [3.8, 4) is 0 Å². The van der Waals surface area contributed by atoms with Gasteiger partial charge in [-0.15, -0.1) is 0 Å². The van der Waals surface area contributed by atoms with E-state index in [1.807, 2.05) is 6.92 Å². The first-order valence-electron chi connectivity index (χ1n) is 10.5. The average molecular weight is 333 g/mol. The predicted octanol–water partition coefficient (Wildman–Crippen LogP) is 4.84. The van der Waals surface area contributed by atoms with Crippen LogP contribution in [0.4, 0.5) is 0 Å². The molecule has 4 aliphatic carbocycles. The smallest absolute Gasteiger partial charge is 0.133 e. The maximum Gasteiger partial charge on any atom is 0.133 e. The highest BCUT2D eigenvalue weighted by Gasteiger charge is 2.62. The first kappa shape index (κ1) is 17.1. The van der Waals surface area contributed by atoms with Gasteiger partial charge in [0.2, 0.25) is 0 Å². The summed E-state index contributed by atoms with van der Waals surface area (Å²) in [7, 11) is 0. The van der Waals surface area contributed by atoms with Crippen LogP contribution in [-0.4, -0.2) is 17.0 Å². The Labute approximate surface area is 147 Å². The fraction of sp³-hybridized carbons (Fsp3) is 0.955. The fourth-order valence-electron chi connectivity index (χ4n) is 8.46. The van der Waals surface area contributed by atoms with Gasteiger partial charge in [0.05, 0.1) is 6.10 Å². The molecule has 2 nitrogen and oxygen atoms in total. The number of aliphatic hydroxyl groups is 1. The lowest BCUT2D eigenvalue weighted by atomic mass is 9.44. The summed E-state index contributed by atoms with van der Waals surface area (Å²) in [6.07, 6.45) is 9.69. The maximum absolute atomic E-state index is 12.4. The molecule has 4 aliphatic rings. The minimum atomic E-state index is -0.0536. The van der Waals surface area contributed by atoms with Crippen molar-refractivity contribution in [3.63, 3.8) is 0 Å². The largest absolute Gasteiger partial charge is 0.393 e. The maximum atomic E-state index is 12.4. The van der Waals surface area contributed by atoms with Gasteiger partial charge in [-0.1, -0.05) is 20.8 Å². The van der Waals surface area contributed by atoms with Gasteiger partial charge in [-0.05, 0) is 98.7 Å². The van der Waals surface area contributed by atoms with Crippen molar-refractivity contribution in [1.82, 2.24) is 0 Å². The molecule has 0 unspecified atom stereocenters. The lowest BCUT2D eigenvalue weighted by Gasteiger charge is -2.60. The van der Waals surface area contributed by atoms with Crippen molar-refractivity contribution in [2.75, 3.05) is 0 Å². The van der Waals surface area contributed by atoms with E-state index in [-0.39, 0.29) is 11.5 Å². The topological polar surface area (TPSA) is 37.3 Å². The number of Topliss-reactive ketones (excluding diaryl/α,β-unsaturated/α-hetero) is 1. The van der Waals surface area contributed by atoms with Crippen LogP contribution in [0.1, 0.15) is 79.1 Å². The van der Waals surface area contributed by atoms with Crippen molar-refractivity contribution in [2.45, 2.75) is 85.2 Å². The van der Waals surface area contributed by atoms with E-state index in [1.54, 1.807) is 0 Å². The monoisotopic (exact) mass is 332 g/mol. The van der Waals surface area contributed by atoms with Gasteiger partial charge in [0, 0.05) is 5.92 Å². The summed E-state index contributed by atoms with van der Waals surface area (Å²) in [5.74, 6) is 4.44. The molecule has 0 aromatic heterocycles. The van der Waals surface area contributed by atoms with E-state index in [2.05, 4.69) is 20.8 Å². The van der Waals surface area contributed by atoms with E-state index in [4.69, 9.17) is 0 Å². The molecule has 0 saturated heterocycles. The summed E-state index contributed by atoms with van der Waals surface area (Å²) in [5.41, 5.74) is 0.699. The van der Waals surface area contributed by atoms with Gasteiger partial charge in [-0.25, -0.2) is 0 Å². The highest BCUT2D eigenvalue weighted by Crippen LogP contribution is 2.68. The number of carbonyl (C=O) groups excluding carboxylic acids is 1. The Kier molecular flexibility index (Phi) is 3.95. The van der Waals surface area contributed by atoms with Gasteiger partial charge in [0.15, 0.2) is 0 Å². The molecule has 0 amide bonds. The third-order valence-electron chi connectivity index (χ3n) is 9.42. The summed E-state index contributed by atoms with van der Waals surface area (Å²) in [6, 6.07) is 0. The van der Waals surface area contributed by atoms with Crippen LogP contribution in [-0.2, 0) is 4.79 Å². The molecule has 4 saturated carbocycles. The second-order valence-corrected chi connectivity index (χ2v) is 10.4. The summed E-state index contributed by atoms with van der Waals surface area (Å²) >= 11 is 0. The van der Waals surface area contributed by atoms with Gasteiger partial charge in [-0.3, -0.25) is 4.79 Å². The molecule has 24 heavy (non-hydrogen) atoms. The van der Waals surface area contributed by atoms with Crippen LogP contribution < -0.4 is 0 Å². The molecule has 0 aromatic rings. The number of hydrogen-bond donors (Lipinski definition) is 1. The molecule has 0 heterocycles. The molecule has 136 valence electrons. The lowest BCUT2D eigenvalue weighted by Crippen LogP contribution is -2.54. The minimum Gasteiger partial charge on any atom is -0.393 e. The van der Waals surface area contributed by atoms with Crippen LogP contribution in [0.25, 0.3) is 0 Å². The van der Waals surface area contributed by atoms with Gasteiger partial charge in [0.25, 0.3) is 0 Å². The Morgan fingerprint density at radius 3 is 2.38 bits per heavy atom. The van der Waals surface area contributed by atoms with Crippen LogP contribution in [0.3, 0.4) is 0 Å². The van der Waals surface area contributed by atoms with E-state index in [9.17, 15) is 9.90 Å². The summed E-state index contributed by atoms with van der Waals surface area (Å²) in [5, 5.41) is 10.1. The fourth-order valence-corrected chi connectivity index (χ4v) is 8.46. The molecule has 4 rings (SSSR count). The second-order valence-electron chi connectivity index (χ2n) is 10.4. The number of hydrogen-bond acceptors (Lipinski definition) is 2. The zero-order chi connectivity index (χ0) is 17.3. The van der Waals surface area contributed by atoms with E-state index >= 15 is 0 Å². The average Bonchev–Trinajstić information content (AvgIpc) is 2.78. The van der Waals surface area contributed by atoms with Crippen molar-refractivity contribution in [2.24, 2.45) is 46.3 Å². The van der Waals surface area contributed by atoms with Gasteiger partial charge in [-0.2, -0.15) is 0 Å². The molecule has 0 bridgehead atoms. The van der Waals surface area contributed by atoms with Gasteiger partial charge >= 0.3 is 0 Å². The van der Waals surface area contributed by atoms with Crippen molar-refractivity contribution in [3.05, 3.63) is 0 Å². The molecule has 0 spiro atoms. The number of fused-ring (bicyclic) bond motifs is 5. The first-order valence-corrected chi connectivity index (χ1v) is 10.5. The Bertz CT molecular complexity index is 528. The minimum absolute atomic E-state index is 0.0536. The molecule has 4 fully saturated rings. The highest BCUT2D eigenvalue weighted by atomic mass is 16.3. The predicted molar refractivity (Wildman–Crippen MR) is 96.5 cm³/mol. The van der Waals surface area contributed by atoms with Crippen LogP contribution in [0.2, 0.25) is 0 Å². The van der Waals surface area contributed by atoms with Crippen LogP contribution in [0.15, 0.2) is 0 Å². The third-order valence-corrected chi connectivity index (χ3v) is 9.42. The molecule has 1 N–H and O–H groups in total. The third kappa shape index (κ3) is 2.20. The molecule has 9 atom stereocenters. The van der Waals surface area contributed by atoms with Crippen molar-refractivity contribution >= 4 is 5.78 Å². The number of carbonyl (C=O) groups is 1. The Balaban J connectivity index is 1.64. The van der Waals surface area contributed by atoms with E-state index < -0.39 is 0 Å². The number of rotatable bonds is 1. The number of ketones is 1. The highest BCUT2D eigenvalue weighted by molar-refractivity contribution is 5.80. The lowest BCUT2D eigenvalue weighted by molar-refractivity contribution is -0.139. The zero-order valence-corrected chi connectivity index (χ0v) is 16.1. The van der Waals surface area contributed by atoms with E-state index in [1.165, 1.54) is 38.5 Å². The molecule has 0 radical (unpaired) electrons. The molecule has 0 aromatic carbocycles. The zero-order valence-electron chi connectivity index (χ0n) is 16.1. The Hall–Kier alpha value is -0.370. The first-order chi connectivity index (χ1) is 11.3. The van der Waals surface area contributed by atoms with Crippen LogP contribution >= 0.6 is 0 Å². The normalized spacial score (nSPS) is 57.0. The number of aliphatic hydroxyl groups excluding tert-OH is 1. The molecule has 2 heteroatoms. The summed E-state index contributed by atoms with van der Waals surface area (Å²) in [6.45, 7) is 9.16. The standard InChI is InChI=1S/C22H36O2/c1-13-11-19-17-6-5-15-12-16(24)7-9-21(15,3)18(17)8-10-22(19,4)20(13)14(2)23/h13,15-20,24H,5-12H2,1-4H3/t13-,15-,16-,17-,18-,19-,20+,21+,22+/m1/s1. The van der Waals surface area contributed by atoms with E-state index in [0.29, 0.717) is 23.0 Å². The Morgan fingerprint density at radius 2 is 1.67 bits per heavy atom. The molecular weight excluding hydrogens is 296 g/mol. The summed E-state index contributed by atoms with van der Waals surface area (Å²) < 4.78 is 0. The van der Waals surface area contributed by atoms with Crippen molar-refractivity contribution < 1.29 is 9.90 Å². The Morgan fingerprint density at radius 1 is 0.958 bits per heavy atom. The molecular formula is C22H36O2. The SMILES string of the molecule is CC(=O)[C@@H]1[C@H](C)C[C@@H]2[C@@H]3CC[C@@H]4C[C@H](O)CC[C@]4(C)[C@@H]3CC[C@@]21C. The quantitative estimate of drug-likeness (QED) is 0.746. The van der Waals surface area contributed by atoms with Crippen LogP contribution in [0.5, 0.6) is 0 Å². The van der Waals surface area contributed by atoms with Crippen molar-refractivity contribution in [1.29, 1.82) is 0 Å². The van der Waals surface area contributed by atoms with Gasteiger partial charge in [0.1, 0.15) is 5.78 Å².